The highest BCUT2D eigenvalue weighted by atomic mass is 35.5. The number of carbonyl (C=O) groups is 1. The Morgan fingerprint density at radius 3 is 2.63 bits per heavy atom. The number of carbonyl (C=O) groups excluding carboxylic acids is 1. The number of amidine groups is 1. The van der Waals surface area contributed by atoms with Crippen molar-refractivity contribution in [2.75, 3.05) is 0 Å². The summed E-state index contributed by atoms with van der Waals surface area (Å²) >= 11 is 5.61. The molecule has 19 heavy (non-hydrogen) atoms. The summed E-state index contributed by atoms with van der Waals surface area (Å²) in [5.41, 5.74) is 5.33. The summed E-state index contributed by atoms with van der Waals surface area (Å²) in [6.07, 6.45) is 0. The van der Waals surface area contributed by atoms with Gasteiger partial charge in [-0.1, -0.05) is 30.6 Å². The van der Waals surface area contributed by atoms with Gasteiger partial charge in [0.15, 0.2) is 5.84 Å². The molecule has 0 aromatic heterocycles. The van der Waals surface area contributed by atoms with Crippen molar-refractivity contribution in [3.63, 3.8) is 0 Å². The van der Waals surface area contributed by atoms with Crippen molar-refractivity contribution in [2.24, 2.45) is 16.8 Å². The number of oxime groups is 1. The van der Waals surface area contributed by atoms with E-state index >= 15 is 0 Å². The molecule has 1 unspecified atom stereocenters. The first-order valence-electron chi connectivity index (χ1n) is 5.60. The Kier molecular flexibility index (Phi) is 5.11. The van der Waals surface area contributed by atoms with E-state index in [0.29, 0.717) is 0 Å². The fourth-order valence-electron chi connectivity index (χ4n) is 1.54. The second kappa shape index (κ2) is 6.38. The SMILES string of the molecule is CC(C)C(NC(=O)c1ccc(Cl)cc1F)C(N)=NO. The zero-order valence-electron chi connectivity index (χ0n) is 10.5. The van der Waals surface area contributed by atoms with Gasteiger partial charge in [-0.25, -0.2) is 4.39 Å². The third kappa shape index (κ3) is 3.82. The second-order valence-electron chi connectivity index (χ2n) is 4.34. The molecule has 1 aromatic rings. The van der Waals surface area contributed by atoms with E-state index in [1.165, 1.54) is 12.1 Å². The van der Waals surface area contributed by atoms with Crippen molar-refractivity contribution >= 4 is 23.3 Å². The highest BCUT2D eigenvalue weighted by Gasteiger charge is 2.22. The molecule has 0 heterocycles. The summed E-state index contributed by atoms with van der Waals surface area (Å²) in [6.45, 7) is 3.56. The first kappa shape index (κ1) is 15.2. The molecule has 1 amide bonds. The van der Waals surface area contributed by atoms with Gasteiger partial charge in [0.05, 0.1) is 11.6 Å². The van der Waals surface area contributed by atoms with Gasteiger partial charge in [-0.3, -0.25) is 4.79 Å². The van der Waals surface area contributed by atoms with Crippen LogP contribution >= 0.6 is 11.6 Å². The predicted molar refractivity (Wildman–Crippen MR) is 70.9 cm³/mol. The molecule has 0 spiro atoms. The van der Waals surface area contributed by atoms with Gasteiger partial charge in [0, 0.05) is 5.02 Å². The van der Waals surface area contributed by atoms with Crippen molar-refractivity contribution in [1.82, 2.24) is 5.32 Å². The lowest BCUT2D eigenvalue weighted by Crippen LogP contribution is -2.48. The molecular formula is C12H15ClFN3O2. The first-order valence-corrected chi connectivity index (χ1v) is 5.98. The minimum Gasteiger partial charge on any atom is -0.409 e. The van der Waals surface area contributed by atoms with Crippen LogP contribution in [0.25, 0.3) is 0 Å². The van der Waals surface area contributed by atoms with Crippen molar-refractivity contribution < 1.29 is 14.4 Å². The summed E-state index contributed by atoms with van der Waals surface area (Å²) in [5, 5.41) is 14.2. The van der Waals surface area contributed by atoms with E-state index in [9.17, 15) is 9.18 Å². The fourth-order valence-corrected chi connectivity index (χ4v) is 1.70. The van der Waals surface area contributed by atoms with Crippen LogP contribution in [-0.4, -0.2) is 23.0 Å². The average Bonchev–Trinajstić information content (AvgIpc) is 2.34. The molecule has 0 aliphatic heterocycles. The lowest BCUT2D eigenvalue weighted by molar-refractivity contribution is 0.0934. The minimum absolute atomic E-state index is 0.116. The molecule has 0 saturated heterocycles. The van der Waals surface area contributed by atoms with Gasteiger partial charge in [0.25, 0.3) is 5.91 Å². The van der Waals surface area contributed by atoms with Gasteiger partial charge in [-0.15, -0.1) is 0 Å². The van der Waals surface area contributed by atoms with Crippen LogP contribution in [0.4, 0.5) is 4.39 Å². The van der Waals surface area contributed by atoms with Crippen LogP contribution in [0, 0.1) is 11.7 Å². The van der Waals surface area contributed by atoms with Crippen molar-refractivity contribution in [3.8, 4) is 0 Å². The van der Waals surface area contributed by atoms with E-state index in [4.69, 9.17) is 22.5 Å². The molecule has 104 valence electrons. The molecule has 5 nitrogen and oxygen atoms in total. The highest BCUT2D eigenvalue weighted by molar-refractivity contribution is 6.30. The lowest BCUT2D eigenvalue weighted by Gasteiger charge is -2.21. The van der Waals surface area contributed by atoms with Crippen molar-refractivity contribution in [3.05, 3.63) is 34.6 Å². The summed E-state index contributed by atoms with van der Waals surface area (Å²) < 4.78 is 13.6. The molecule has 0 bridgehead atoms. The minimum atomic E-state index is -0.730. The Morgan fingerprint density at radius 1 is 1.53 bits per heavy atom. The summed E-state index contributed by atoms with van der Waals surface area (Å²) in [4.78, 5) is 11.9. The van der Waals surface area contributed by atoms with Gasteiger partial charge in [-0.05, 0) is 24.1 Å². The maximum atomic E-state index is 13.6. The molecule has 0 fully saturated rings. The molecule has 0 aliphatic rings. The normalized spacial score (nSPS) is 13.4. The molecule has 1 atom stereocenters. The number of hydrogen-bond donors (Lipinski definition) is 3. The third-order valence-electron chi connectivity index (χ3n) is 2.56. The van der Waals surface area contributed by atoms with E-state index in [2.05, 4.69) is 10.5 Å². The number of halogens is 2. The van der Waals surface area contributed by atoms with Crippen LogP contribution in [0.1, 0.15) is 24.2 Å². The van der Waals surface area contributed by atoms with Crippen LogP contribution in [0.5, 0.6) is 0 Å². The van der Waals surface area contributed by atoms with E-state index in [1.54, 1.807) is 13.8 Å². The lowest BCUT2D eigenvalue weighted by atomic mass is 10.0. The van der Waals surface area contributed by atoms with Crippen LogP contribution in [0.2, 0.25) is 5.02 Å². The maximum Gasteiger partial charge on any atom is 0.254 e. The van der Waals surface area contributed by atoms with Crippen LogP contribution in [-0.2, 0) is 0 Å². The average molecular weight is 288 g/mol. The Morgan fingerprint density at radius 2 is 2.16 bits per heavy atom. The Labute approximate surface area is 115 Å². The van der Waals surface area contributed by atoms with Crippen molar-refractivity contribution in [1.29, 1.82) is 0 Å². The van der Waals surface area contributed by atoms with Gasteiger partial charge < -0.3 is 16.3 Å². The maximum absolute atomic E-state index is 13.6. The van der Waals surface area contributed by atoms with E-state index < -0.39 is 17.8 Å². The number of rotatable bonds is 4. The monoisotopic (exact) mass is 287 g/mol. The zero-order chi connectivity index (χ0) is 14.6. The van der Waals surface area contributed by atoms with Gasteiger partial charge in [-0.2, -0.15) is 0 Å². The van der Waals surface area contributed by atoms with E-state index in [-0.39, 0.29) is 22.3 Å². The van der Waals surface area contributed by atoms with Crippen LogP contribution in [0.15, 0.2) is 23.4 Å². The van der Waals surface area contributed by atoms with Gasteiger partial charge in [0.2, 0.25) is 0 Å². The molecule has 1 aromatic carbocycles. The summed E-state index contributed by atoms with van der Waals surface area (Å²) in [5.74, 6) is -1.64. The van der Waals surface area contributed by atoms with Crippen LogP contribution < -0.4 is 11.1 Å². The fraction of sp³-hybridized carbons (Fsp3) is 0.333. The Hall–Kier alpha value is -1.82. The molecule has 0 radical (unpaired) electrons. The van der Waals surface area contributed by atoms with Gasteiger partial charge >= 0.3 is 0 Å². The number of nitrogens with two attached hydrogens (primary N) is 1. The standard InChI is InChI=1S/C12H15ClFN3O2/c1-6(2)10(11(15)17-19)16-12(18)8-4-3-7(13)5-9(8)14/h3-6,10,19H,1-2H3,(H2,15,17)(H,16,18). The Bertz CT molecular complexity index is 506. The molecular weight excluding hydrogens is 273 g/mol. The summed E-state index contributed by atoms with van der Waals surface area (Å²) in [6, 6.07) is 3.04. The Balaban J connectivity index is 2.94. The van der Waals surface area contributed by atoms with Gasteiger partial charge in [0.1, 0.15) is 5.82 Å². The van der Waals surface area contributed by atoms with Crippen molar-refractivity contribution in [2.45, 2.75) is 19.9 Å². The molecule has 0 aliphatic carbocycles. The number of hydrogen-bond acceptors (Lipinski definition) is 3. The van der Waals surface area contributed by atoms with E-state index in [1.807, 2.05) is 0 Å². The molecule has 0 saturated carbocycles. The highest BCUT2D eigenvalue weighted by Crippen LogP contribution is 2.15. The first-order chi connectivity index (χ1) is 8.86. The number of benzene rings is 1. The number of nitrogens with zero attached hydrogens (tertiary/aromatic N) is 1. The summed E-state index contributed by atoms with van der Waals surface area (Å²) in [7, 11) is 0. The van der Waals surface area contributed by atoms with Crippen LogP contribution in [0.3, 0.4) is 0 Å². The third-order valence-corrected chi connectivity index (χ3v) is 2.80. The van der Waals surface area contributed by atoms with E-state index in [0.717, 1.165) is 6.07 Å². The molecule has 1 rings (SSSR count). The zero-order valence-corrected chi connectivity index (χ0v) is 11.3. The molecule has 4 N–H and O–H groups in total. The smallest absolute Gasteiger partial charge is 0.254 e. The molecule has 7 heteroatoms. The topological polar surface area (TPSA) is 87.7 Å². The number of amides is 1. The quantitative estimate of drug-likeness (QED) is 0.342. The number of nitrogens with one attached hydrogen (secondary N) is 1. The largest absolute Gasteiger partial charge is 0.409 e. The predicted octanol–water partition coefficient (Wildman–Crippen LogP) is 1.98. The second-order valence-corrected chi connectivity index (χ2v) is 4.78.